The van der Waals surface area contributed by atoms with E-state index in [1.54, 1.807) is 6.07 Å². The van der Waals surface area contributed by atoms with E-state index in [9.17, 15) is 12.8 Å². The SMILES string of the molecule is CC1CCCCN1S(=O)(=O)Nc1ccc(F)cc1C#N. The molecule has 1 heterocycles. The predicted molar refractivity (Wildman–Crippen MR) is 73.7 cm³/mol. The van der Waals surface area contributed by atoms with Crippen molar-refractivity contribution in [2.45, 2.75) is 32.2 Å². The van der Waals surface area contributed by atoms with E-state index in [4.69, 9.17) is 5.26 Å². The van der Waals surface area contributed by atoms with E-state index >= 15 is 0 Å². The molecule has 108 valence electrons. The molecular formula is C13H16FN3O2S. The third kappa shape index (κ3) is 3.08. The number of nitrogens with zero attached hydrogens (tertiary/aromatic N) is 2. The zero-order valence-corrected chi connectivity index (χ0v) is 12.0. The summed E-state index contributed by atoms with van der Waals surface area (Å²) in [6, 6.07) is 5.11. The Balaban J connectivity index is 2.26. The molecule has 0 spiro atoms. The first-order valence-electron chi connectivity index (χ1n) is 6.43. The average Bonchev–Trinajstić information content (AvgIpc) is 2.41. The topological polar surface area (TPSA) is 73.2 Å². The lowest BCUT2D eigenvalue weighted by Crippen LogP contribution is -2.44. The van der Waals surface area contributed by atoms with Crippen molar-refractivity contribution in [2.75, 3.05) is 11.3 Å². The molecule has 7 heteroatoms. The van der Waals surface area contributed by atoms with Gasteiger partial charge in [0.25, 0.3) is 0 Å². The van der Waals surface area contributed by atoms with Gasteiger partial charge in [-0.05, 0) is 38.0 Å². The van der Waals surface area contributed by atoms with Gasteiger partial charge in [0, 0.05) is 12.6 Å². The van der Waals surface area contributed by atoms with Crippen LogP contribution in [0.4, 0.5) is 10.1 Å². The highest BCUT2D eigenvalue weighted by molar-refractivity contribution is 7.90. The molecule has 2 rings (SSSR count). The van der Waals surface area contributed by atoms with Crippen molar-refractivity contribution >= 4 is 15.9 Å². The first-order valence-corrected chi connectivity index (χ1v) is 7.87. The van der Waals surface area contributed by atoms with Gasteiger partial charge in [-0.25, -0.2) is 4.39 Å². The van der Waals surface area contributed by atoms with Crippen LogP contribution in [-0.4, -0.2) is 25.3 Å². The summed E-state index contributed by atoms with van der Waals surface area (Å²) < 4.78 is 41.5. The Morgan fingerprint density at radius 3 is 2.85 bits per heavy atom. The molecule has 0 aliphatic carbocycles. The first kappa shape index (κ1) is 14.8. The van der Waals surface area contributed by atoms with E-state index < -0.39 is 16.0 Å². The Bertz CT molecular complexity index is 640. The van der Waals surface area contributed by atoms with E-state index in [0.717, 1.165) is 31.4 Å². The van der Waals surface area contributed by atoms with Gasteiger partial charge in [0.1, 0.15) is 11.9 Å². The van der Waals surface area contributed by atoms with Crippen LogP contribution in [-0.2, 0) is 10.2 Å². The molecule has 1 N–H and O–H groups in total. The lowest BCUT2D eigenvalue weighted by molar-refractivity contribution is 0.270. The molecule has 0 radical (unpaired) electrons. The van der Waals surface area contributed by atoms with E-state index in [1.807, 2.05) is 6.92 Å². The highest BCUT2D eigenvalue weighted by Crippen LogP contribution is 2.23. The largest absolute Gasteiger partial charge is 0.301 e. The van der Waals surface area contributed by atoms with Crippen molar-refractivity contribution < 1.29 is 12.8 Å². The summed E-state index contributed by atoms with van der Waals surface area (Å²) >= 11 is 0. The average molecular weight is 297 g/mol. The smallest absolute Gasteiger partial charge is 0.270 e. The van der Waals surface area contributed by atoms with Gasteiger partial charge < -0.3 is 0 Å². The Kier molecular flexibility index (Phi) is 4.26. The molecule has 0 amide bonds. The number of benzene rings is 1. The number of nitrogens with one attached hydrogen (secondary N) is 1. The number of anilines is 1. The molecule has 0 aromatic heterocycles. The second-order valence-corrected chi connectivity index (χ2v) is 6.49. The maximum atomic E-state index is 13.0. The zero-order chi connectivity index (χ0) is 14.8. The van der Waals surface area contributed by atoms with Crippen molar-refractivity contribution in [1.29, 1.82) is 5.26 Å². The van der Waals surface area contributed by atoms with Gasteiger partial charge >= 0.3 is 10.2 Å². The molecule has 1 unspecified atom stereocenters. The van der Waals surface area contributed by atoms with Crippen LogP contribution >= 0.6 is 0 Å². The summed E-state index contributed by atoms with van der Waals surface area (Å²) in [5.74, 6) is -0.573. The molecule has 20 heavy (non-hydrogen) atoms. The van der Waals surface area contributed by atoms with Crippen molar-refractivity contribution in [1.82, 2.24) is 4.31 Å². The van der Waals surface area contributed by atoms with Crippen LogP contribution in [0.5, 0.6) is 0 Å². The van der Waals surface area contributed by atoms with Gasteiger partial charge in [-0.3, -0.25) is 4.72 Å². The second-order valence-electron chi connectivity index (χ2n) is 4.86. The molecule has 1 aromatic carbocycles. The maximum absolute atomic E-state index is 13.0. The van der Waals surface area contributed by atoms with Crippen LogP contribution in [0.1, 0.15) is 31.7 Å². The van der Waals surface area contributed by atoms with E-state index in [0.29, 0.717) is 6.54 Å². The third-order valence-corrected chi connectivity index (χ3v) is 5.03. The number of nitriles is 1. The Labute approximate surface area is 118 Å². The number of hydrogen-bond donors (Lipinski definition) is 1. The lowest BCUT2D eigenvalue weighted by Gasteiger charge is -2.32. The van der Waals surface area contributed by atoms with Gasteiger partial charge in [-0.1, -0.05) is 6.42 Å². The Hall–Kier alpha value is -1.65. The quantitative estimate of drug-likeness (QED) is 0.929. The first-order chi connectivity index (χ1) is 9.44. The van der Waals surface area contributed by atoms with Crippen LogP contribution < -0.4 is 4.72 Å². The molecular weight excluding hydrogens is 281 g/mol. The summed E-state index contributed by atoms with van der Waals surface area (Å²) in [5, 5.41) is 8.94. The fourth-order valence-electron chi connectivity index (χ4n) is 2.32. The van der Waals surface area contributed by atoms with Crippen LogP contribution in [0.15, 0.2) is 18.2 Å². The van der Waals surface area contributed by atoms with E-state index in [-0.39, 0.29) is 17.3 Å². The molecule has 1 aliphatic heterocycles. The van der Waals surface area contributed by atoms with Crippen molar-refractivity contribution in [2.24, 2.45) is 0 Å². The third-order valence-electron chi connectivity index (χ3n) is 3.39. The number of halogens is 1. The van der Waals surface area contributed by atoms with Gasteiger partial charge in [-0.2, -0.15) is 18.0 Å². The van der Waals surface area contributed by atoms with E-state index in [2.05, 4.69) is 4.72 Å². The number of rotatable bonds is 3. The van der Waals surface area contributed by atoms with Crippen LogP contribution in [0.3, 0.4) is 0 Å². The predicted octanol–water partition coefficient (Wildman–Crippen LogP) is 2.23. The summed E-state index contributed by atoms with van der Waals surface area (Å²) in [6.07, 6.45) is 2.64. The normalized spacial score (nSPS) is 20.4. The van der Waals surface area contributed by atoms with Crippen LogP contribution in [0.2, 0.25) is 0 Å². The van der Waals surface area contributed by atoms with Crippen LogP contribution in [0, 0.1) is 17.1 Å². The van der Waals surface area contributed by atoms with Crippen LogP contribution in [0.25, 0.3) is 0 Å². The number of hydrogen-bond acceptors (Lipinski definition) is 3. The Morgan fingerprint density at radius 1 is 1.45 bits per heavy atom. The summed E-state index contributed by atoms with van der Waals surface area (Å²) in [6.45, 7) is 2.31. The summed E-state index contributed by atoms with van der Waals surface area (Å²) in [4.78, 5) is 0. The molecule has 1 aliphatic rings. The molecule has 1 saturated heterocycles. The zero-order valence-electron chi connectivity index (χ0n) is 11.1. The monoisotopic (exact) mass is 297 g/mol. The van der Waals surface area contributed by atoms with Crippen molar-refractivity contribution in [3.05, 3.63) is 29.6 Å². The van der Waals surface area contributed by atoms with Gasteiger partial charge in [0.05, 0.1) is 11.3 Å². The van der Waals surface area contributed by atoms with Crippen molar-refractivity contribution in [3.8, 4) is 6.07 Å². The highest BCUT2D eigenvalue weighted by Gasteiger charge is 2.29. The molecule has 1 atom stereocenters. The minimum absolute atomic E-state index is 0.0294. The standard InChI is InChI=1S/C13H16FN3O2S/c1-10-4-2-3-7-17(10)20(18,19)16-13-6-5-12(14)8-11(13)9-15/h5-6,8,10,16H,2-4,7H2,1H3. The molecule has 0 bridgehead atoms. The van der Waals surface area contributed by atoms with Gasteiger partial charge in [-0.15, -0.1) is 0 Å². The summed E-state index contributed by atoms with van der Waals surface area (Å²) in [5.41, 5.74) is 0.0740. The summed E-state index contributed by atoms with van der Waals surface area (Å²) in [7, 11) is -3.72. The highest BCUT2D eigenvalue weighted by atomic mass is 32.2. The number of piperidine rings is 1. The fourth-order valence-corrected chi connectivity index (χ4v) is 3.85. The minimum atomic E-state index is -3.72. The minimum Gasteiger partial charge on any atom is -0.270 e. The van der Waals surface area contributed by atoms with Gasteiger partial charge in [0.2, 0.25) is 0 Å². The molecule has 1 aromatic rings. The van der Waals surface area contributed by atoms with E-state index in [1.165, 1.54) is 10.4 Å². The van der Waals surface area contributed by atoms with Gasteiger partial charge in [0.15, 0.2) is 0 Å². The second kappa shape index (κ2) is 5.77. The maximum Gasteiger partial charge on any atom is 0.301 e. The molecule has 1 fully saturated rings. The fraction of sp³-hybridized carbons (Fsp3) is 0.462. The lowest BCUT2D eigenvalue weighted by atomic mass is 10.1. The molecule has 0 saturated carbocycles. The molecule has 5 nitrogen and oxygen atoms in total. The Morgan fingerprint density at radius 2 is 2.20 bits per heavy atom. The van der Waals surface area contributed by atoms with Crippen molar-refractivity contribution in [3.63, 3.8) is 0 Å².